The lowest BCUT2D eigenvalue weighted by Gasteiger charge is -1.93. The monoisotopic (exact) mass is 142 g/mol. The molecule has 3 N–H and O–H groups in total. The van der Waals surface area contributed by atoms with Gasteiger partial charge in [-0.1, -0.05) is 11.6 Å². The van der Waals surface area contributed by atoms with Gasteiger partial charge < -0.3 is 5.73 Å². The molecule has 0 amide bonds. The maximum Gasteiger partial charge on any atom is 0.130 e. The molecule has 0 aliphatic rings. The fraction of sp³-hybridized carbons (Fsp3) is 0.143. The van der Waals surface area contributed by atoms with Gasteiger partial charge in [0.05, 0.1) is 0 Å². The molecule has 1 aromatic carbocycles. The largest absolute Gasteiger partial charge is 0.325 e. The molecule has 0 fully saturated rings. The molecule has 0 aromatic heterocycles. The molecule has 1 rings (SSSR count). The molecule has 0 saturated carbocycles. The summed E-state index contributed by atoms with van der Waals surface area (Å²) in [5, 5.41) is 0.778. The zero-order valence-electron chi connectivity index (χ0n) is 5.32. The predicted octanol–water partition coefficient (Wildman–Crippen LogP) is 1.52. The first-order chi connectivity index (χ1) is 4.20. The van der Waals surface area contributed by atoms with Crippen molar-refractivity contribution in [1.29, 1.82) is 0 Å². The van der Waals surface area contributed by atoms with Crippen LogP contribution in [0.3, 0.4) is 0 Å². The van der Waals surface area contributed by atoms with Crippen LogP contribution in [0.25, 0.3) is 0 Å². The van der Waals surface area contributed by atoms with Crippen LogP contribution in [0.1, 0.15) is 5.56 Å². The molecule has 0 spiro atoms. The highest BCUT2D eigenvalue weighted by molar-refractivity contribution is 6.30. The summed E-state index contributed by atoms with van der Waals surface area (Å²) in [4.78, 5) is 0. The van der Waals surface area contributed by atoms with Crippen molar-refractivity contribution in [2.24, 2.45) is 0 Å². The molecule has 0 aliphatic carbocycles. The van der Waals surface area contributed by atoms with Crippen molar-refractivity contribution in [2.75, 3.05) is 0 Å². The summed E-state index contributed by atoms with van der Waals surface area (Å²) in [7, 11) is 0. The highest BCUT2D eigenvalue weighted by Gasteiger charge is 1.94. The number of halogens is 1. The number of hydrogen-bond acceptors (Lipinski definition) is 0. The predicted molar refractivity (Wildman–Crippen MR) is 38.7 cm³/mol. The molecule has 9 heavy (non-hydrogen) atoms. The van der Waals surface area contributed by atoms with Crippen molar-refractivity contribution in [2.45, 2.75) is 6.92 Å². The van der Waals surface area contributed by atoms with Crippen molar-refractivity contribution < 1.29 is 5.73 Å². The minimum Gasteiger partial charge on any atom is -0.325 e. The minimum absolute atomic E-state index is 0.778. The lowest BCUT2D eigenvalue weighted by molar-refractivity contribution is -0.255. The summed E-state index contributed by atoms with van der Waals surface area (Å²) in [6.45, 7) is 1.99. The third-order valence-electron chi connectivity index (χ3n) is 1.30. The summed E-state index contributed by atoms with van der Waals surface area (Å²) in [6, 6.07) is 5.67. The second-order valence-corrected chi connectivity index (χ2v) is 2.51. The number of aryl methyl sites for hydroxylation is 1. The van der Waals surface area contributed by atoms with Gasteiger partial charge in [-0.2, -0.15) is 0 Å². The first-order valence-electron chi connectivity index (χ1n) is 2.78. The quantitative estimate of drug-likeness (QED) is 0.569. The molecule has 1 aromatic rings. The smallest absolute Gasteiger partial charge is 0.130 e. The van der Waals surface area contributed by atoms with Crippen molar-refractivity contribution in [3.05, 3.63) is 28.8 Å². The van der Waals surface area contributed by atoms with Gasteiger partial charge in [0, 0.05) is 16.7 Å². The Labute approximate surface area is 59.4 Å². The molecule has 0 atom stereocenters. The van der Waals surface area contributed by atoms with Crippen molar-refractivity contribution in [3.8, 4) is 0 Å². The molecule has 2 heteroatoms. The van der Waals surface area contributed by atoms with Gasteiger partial charge in [0.1, 0.15) is 5.69 Å². The maximum absolute atomic E-state index is 5.69. The van der Waals surface area contributed by atoms with Crippen LogP contribution in [0.2, 0.25) is 5.02 Å². The third-order valence-corrected chi connectivity index (χ3v) is 1.54. The van der Waals surface area contributed by atoms with Crippen LogP contribution in [0.5, 0.6) is 0 Å². The number of hydrogen-bond donors (Lipinski definition) is 1. The van der Waals surface area contributed by atoms with Gasteiger partial charge in [-0.15, -0.1) is 0 Å². The molecule has 0 unspecified atom stereocenters. The summed E-state index contributed by atoms with van der Waals surface area (Å²) < 4.78 is 0. The van der Waals surface area contributed by atoms with Crippen LogP contribution in [0.4, 0.5) is 5.69 Å². The fourth-order valence-electron chi connectivity index (χ4n) is 0.659. The van der Waals surface area contributed by atoms with E-state index in [0.717, 1.165) is 16.3 Å². The van der Waals surface area contributed by atoms with Crippen LogP contribution in [0.15, 0.2) is 18.2 Å². The van der Waals surface area contributed by atoms with E-state index in [4.69, 9.17) is 11.6 Å². The SMILES string of the molecule is Cc1cc(Cl)ccc1[NH3+]. The molecular formula is C7H9ClN+. The lowest BCUT2D eigenvalue weighted by Crippen LogP contribution is -2.40. The number of quaternary nitrogens is 1. The first-order valence-corrected chi connectivity index (χ1v) is 3.16. The van der Waals surface area contributed by atoms with Crippen LogP contribution in [-0.2, 0) is 0 Å². The van der Waals surface area contributed by atoms with E-state index in [1.807, 2.05) is 25.1 Å². The van der Waals surface area contributed by atoms with Crippen molar-refractivity contribution in [1.82, 2.24) is 0 Å². The van der Waals surface area contributed by atoms with E-state index < -0.39 is 0 Å². The summed E-state index contributed by atoms with van der Waals surface area (Å²) in [5.74, 6) is 0. The highest BCUT2D eigenvalue weighted by atomic mass is 35.5. The molecule has 0 bridgehead atoms. The van der Waals surface area contributed by atoms with Gasteiger partial charge in [-0.05, 0) is 19.1 Å². The topological polar surface area (TPSA) is 27.6 Å². The van der Waals surface area contributed by atoms with Gasteiger partial charge in [0.15, 0.2) is 0 Å². The second kappa shape index (κ2) is 2.38. The van der Waals surface area contributed by atoms with Crippen LogP contribution >= 0.6 is 11.6 Å². The Morgan fingerprint density at radius 1 is 1.44 bits per heavy atom. The standard InChI is InChI=1S/C7H8ClN/c1-5-4-6(8)2-3-7(5)9/h2-4H,9H2,1H3/p+1. The number of rotatable bonds is 0. The molecule has 0 saturated heterocycles. The molecule has 48 valence electrons. The number of benzene rings is 1. The Kier molecular flexibility index (Phi) is 1.74. The van der Waals surface area contributed by atoms with E-state index in [1.54, 1.807) is 0 Å². The Morgan fingerprint density at radius 3 is 2.56 bits per heavy atom. The van der Waals surface area contributed by atoms with Crippen LogP contribution in [-0.4, -0.2) is 0 Å². The van der Waals surface area contributed by atoms with Gasteiger partial charge in [-0.25, -0.2) is 0 Å². The fourth-order valence-corrected chi connectivity index (χ4v) is 0.886. The van der Waals surface area contributed by atoms with Gasteiger partial charge in [0.25, 0.3) is 0 Å². The zero-order chi connectivity index (χ0) is 6.85. The van der Waals surface area contributed by atoms with Gasteiger partial charge in [-0.3, -0.25) is 0 Å². The zero-order valence-corrected chi connectivity index (χ0v) is 6.07. The maximum atomic E-state index is 5.69. The second-order valence-electron chi connectivity index (χ2n) is 2.07. The third kappa shape index (κ3) is 1.44. The molecule has 0 heterocycles. The summed E-state index contributed by atoms with van der Waals surface area (Å²) in [6.07, 6.45) is 0. The van der Waals surface area contributed by atoms with Crippen molar-refractivity contribution >= 4 is 17.3 Å². The van der Waals surface area contributed by atoms with Crippen molar-refractivity contribution in [3.63, 3.8) is 0 Å². The Bertz CT molecular complexity index is 220. The average Bonchev–Trinajstić information content (AvgIpc) is 1.80. The highest BCUT2D eigenvalue weighted by Crippen LogP contribution is 2.14. The van der Waals surface area contributed by atoms with E-state index >= 15 is 0 Å². The first kappa shape index (κ1) is 6.59. The Hall–Kier alpha value is -0.530. The van der Waals surface area contributed by atoms with E-state index in [9.17, 15) is 0 Å². The Balaban J connectivity index is 3.17. The lowest BCUT2D eigenvalue weighted by atomic mass is 10.2. The van der Waals surface area contributed by atoms with E-state index in [-0.39, 0.29) is 0 Å². The average molecular weight is 143 g/mol. The summed E-state index contributed by atoms with van der Waals surface area (Å²) >= 11 is 5.69. The van der Waals surface area contributed by atoms with E-state index in [1.165, 1.54) is 0 Å². The van der Waals surface area contributed by atoms with Gasteiger partial charge >= 0.3 is 0 Å². The van der Waals surface area contributed by atoms with Crippen LogP contribution in [0, 0.1) is 6.92 Å². The van der Waals surface area contributed by atoms with E-state index in [2.05, 4.69) is 5.73 Å². The minimum atomic E-state index is 0.778. The van der Waals surface area contributed by atoms with Gasteiger partial charge in [0.2, 0.25) is 0 Å². The molecule has 1 nitrogen and oxygen atoms in total. The molecule has 0 radical (unpaired) electrons. The molecule has 0 aliphatic heterocycles. The molecular weight excluding hydrogens is 134 g/mol. The van der Waals surface area contributed by atoms with E-state index in [0.29, 0.717) is 0 Å². The normalized spacial score (nSPS) is 9.67. The Morgan fingerprint density at radius 2 is 2.11 bits per heavy atom. The summed E-state index contributed by atoms with van der Waals surface area (Å²) in [5.41, 5.74) is 5.98. The van der Waals surface area contributed by atoms with Crippen LogP contribution < -0.4 is 5.73 Å².